The molecule has 0 bridgehead atoms. The van der Waals surface area contributed by atoms with E-state index in [9.17, 15) is 4.79 Å². The highest BCUT2D eigenvalue weighted by atomic mass is 35.5. The third-order valence-corrected chi connectivity index (χ3v) is 5.02. The fraction of sp³-hybridized carbons (Fsp3) is 0.350. The number of carbonyl (C=O) groups is 1. The summed E-state index contributed by atoms with van der Waals surface area (Å²) in [6.45, 7) is 0.643. The lowest BCUT2D eigenvalue weighted by Gasteiger charge is -2.17. The van der Waals surface area contributed by atoms with Crippen LogP contribution in [0.1, 0.15) is 30.4 Å². The minimum Gasteiger partial charge on any atom is -0.497 e. The molecule has 3 rings (SSSR count). The maximum Gasteiger partial charge on any atom is 0.220 e. The summed E-state index contributed by atoms with van der Waals surface area (Å²) in [5.41, 5.74) is 2.24. The Morgan fingerprint density at radius 1 is 1.17 bits per heavy atom. The Morgan fingerprint density at radius 3 is 2.50 bits per heavy atom. The van der Waals surface area contributed by atoms with E-state index >= 15 is 0 Å². The van der Waals surface area contributed by atoms with Crippen molar-refractivity contribution in [2.24, 2.45) is 0 Å². The van der Waals surface area contributed by atoms with Crippen LogP contribution in [0.4, 0.5) is 0 Å². The molecule has 0 radical (unpaired) electrons. The van der Waals surface area contributed by atoms with Crippen LogP contribution in [0.15, 0.2) is 48.5 Å². The van der Waals surface area contributed by atoms with E-state index in [1.165, 1.54) is 5.56 Å². The Morgan fingerprint density at radius 2 is 1.88 bits per heavy atom. The standard InChI is InChI=1S/C20H22ClNO2/c1-24-16-8-6-15(7-9-16)10-13-22-19(23)14-20(11-12-20)17-4-2-3-5-18(17)21/h2-9H,10-14H2,1H3,(H,22,23). The predicted molar refractivity (Wildman–Crippen MR) is 96.7 cm³/mol. The van der Waals surface area contributed by atoms with E-state index in [1.807, 2.05) is 48.5 Å². The Kier molecular flexibility index (Phi) is 5.10. The van der Waals surface area contributed by atoms with Gasteiger partial charge in [0.1, 0.15) is 5.75 Å². The highest BCUT2D eigenvalue weighted by Crippen LogP contribution is 2.52. The molecule has 2 aromatic carbocycles. The Hall–Kier alpha value is -2.00. The minimum atomic E-state index is -0.0530. The molecule has 2 aromatic rings. The lowest BCUT2D eigenvalue weighted by Crippen LogP contribution is -2.29. The number of carbonyl (C=O) groups excluding carboxylic acids is 1. The average Bonchev–Trinajstić information content (AvgIpc) is 3.36. The maximum absolute atomic E-state index is 12.3. The van der Waals surface area contributed by atoms with E-state index < -0.39 is 0 Å². The summed E-state index contributed by atoms with van der Waals surface area (Å²) in [4.78, 5) is 12.3. The first-order valence-corrected chi connectivity index (χ1v) is 8.65. The normalized spacial score (nSPS) is 14.9. The molecule has 0 aromatic heterocycles. The summed E-state index contributed by atoms with van der Waals surface area (Å²) >= 11 is 6.30. The first-order chi connectivity index (χ1) is 11.6. The molecule has 1 N–H and O–H groups in total. The van der Waals surface area contributed by atoms with Crippen LogP contribution in [0.2, 0.25) is 5.02 Å². The van der Waals surface area contributed by atoms with E-state index in [0.717, 1.165) is 35.6 Å². The van der Waals surface area contributed by atoms with Gasteiger partial charge in [-0.1, -0.05) is 41.9 Å². The van der Waals surface area contributed by atoms with Crippen LogP contribution >= 0.6 is 11.6 Å². The number of ether oxygens (including phenoxy) is 1. The molecule has 0 atom stereocenters. The van der Waals surface area contributed by atoms with E-state index in [2.05, 4.69) is 5.32 Å². The molecule has 1 amide bonds. The number of methoxy groups -OCH3 is 1. The van der Waals surface area contributed by atoms with Gasteiger partial charge in [0.05, 0.1) is 7.11 Å². The highest BCUT2D eigenvalue weighted by molar-refractivity contribution is 6.31. The Bertz CT molecular complexity index is 708. The molecule has 1 saturated carbocycles. The van der Waals surface area contributed by atoms with Gasteiger partial charge < -0.3 is 10.1 Å². The SMILES string of the molecule is COc1ccc(CCNC(=O)CC2(c3ccccc3Cl)CC2)cc1. The van der Waals surface area contributed by atoms with Crippen molar-refractivity contribution < 1.29 is 9.53 Å². The number of rotatable bonds is 7. The van der Waals surface area contributed by atoms with Crippen molar-refractivity contribution in [1.29, 1.82) is 0 Å². The van der Waals surface area contributed by atoms with Gasteiger partial charge in [0.15, 0.2) is 0 Å². The molecule has 0 aliphatic heterocycles. The Labute approximate surface area is 148 Å². The van der Waals surface area contributed by atoms with Crippen LogP contribution in [-0.2, 0) is 16.6 Å². The highest BCUT2D eigenvalue weighted by Gasteiger charge is 2.46. The first kappa shape index (κ1) is 16.8. The fourth-order valence-electron chi connectivity index (χ4n) is 3.09. The molecule has 1 aliphatic rings. The van der Waals surface area contributed by atoms with Crippen LogP contribution in [-0.4, -0.2) is 19.6 Å². The zero-order valence-corrected chi connectivity index (χ0v) is 14.6. The summed E-state index contributed by atoms with van der Waals surface area (Å²) < 4.78 is 5.14. The van der Waals surface area contributed by atoms with Crippen molar-refractivity contribution in [3.05, 3.63) is 64.7 Å². The monoisotopic (exact) mass is 343 g/mol. The van der Waals surface area contributed by atoms with Crippen molar-refractivity contribution in [1.82, 2.24) is 5.32 Å². The molecule has 0 heterocycles. The zero-order valence-electron chi connectivity index (χ0n) is 13.8. The molecule has 126 valence electrons. The van der Waals surface area contributed by atoms with Crippen molar-refractivity contribution in [3.63, 3.8) is 0 Å². The van der Waals surface area contributed by atoms with Gasteiger partial charge in [0, 0.05) is 23.4 Å². The van der Waals surface area contributed by atoms with Crippen LogP contribution in [0.25, 0.3) is 0 Å². The molecule has 0 unspecified atom stereocenters. The second-order valence-corrected chi connectivity index (χ2v) is 6.79. The van der Waals surface area contributed by atoms with Crippen LogP contribution < -0.4 is 10.1 Å². The average molecular weight is 344 g/mol. The topological polar surface area (TPSA) is 38.3 Å². The summed E-state index contributed by atoms with van der Waals surface area (Å²) in [6.07, 6.45) is 3.39. The molecule has 1 aliphatic carbocycles. The van der Waals surface area contributed by atoms with Crippen LogP contribution in [0, 0.1) is 0 Å². The molecule has 0 spiro atoms. The van der Waals surface area contributed by atoms with Crippen molar-refractivity contribution in [2.75, 3.05) is 13.7 Å². The summed E-state index contributed by atoms with van der Waals surface area (Å²) in [6, 6.07) is 15.8. The Balaban J connectivity index is 1.50. The number of nitrogens with one attached hydrogen (secondary N) is 1. The molecule has 4 heteroatoms. The first-order valence-electron chi connectivity index (χ1n) is 8.28. The number of amides is 1. The smallest absolute Gasteiger partial charge is 0.220 e. The lowest BCUT2D eigenvalue weighted by atomic mass is 9.92. The largest absolute Gasteiger partial charge is 0.497 e. The predicted octanol–water partition coefficient (Wildman–Crippen LogP) is 4.13. The van der Waals surface area contributed by atoms with Gasteiger partial charge >= 0.3 is 0 Å². The summed E-state index contributed by atoms with van der Waals surface area (Å²) in [5.74, 6) is 0.944. The van der Waals surface area contributed by atoms with E-state index in [-0.39, 0.29) is 11.3 Å². The number of hydrogen-bond acceptors (Lipinski definition) is 2. The minimum absolute atomic E-state index is 0.0530. The van der Waals surface area contributed by atoms with Crippen molar-refractivity contribution in [3.8, 4) is 5.75 Å². The quantitative estimate of drug-likeness (QED) is 0.821. The van der Waals surface area contributed by atoms with Crippen molar-refractivity contribution in [2.45, 2.75) is 31.1 Å². The molecular weight excluding hydrogens is 322 g/mol. The van der Waals surface area contributed by atoms with Gasteiger partial charge in [-0.3, -0.25) is 4.79 Å². The van der Waals surface area contributed by atoms with Crippen molar-refractivity contribution >= 4 is 17.5 Å². The lowest BCUT2D eigenvalue weighted by molar-refractivity contribution is -0.121. The second-order valence-electron chi connectivity index (χ2n) is 6.38. The molecule has 1 fully saturated rings. The van der Waals surface area contributed by atoms with Crippen LogP contribution in [0.5, 0.6) is 5.75 Å². The number of halogens is 1. The third kappa shape index (κ3) is 3.90. The van der Waals surface area contributed by atoms with Gasteiger partial charge in [-0.15, -0.1) is 0 Å². The molecular formula is C20H22ClNO2. The van der Waals surface area contributed by atoms with Crippen LogP contribution in [0.3, 0.4) is 0 Å². The van der Waals surface area contributed by atoms with Gasteiger partial charge in [0.2, 0.25) is 5.91 Å². The van der Waals surface area contributed by atoms with Gasteiger partial charge in [-0.25, -0.2) is 0 Å². The molecule has 0 saturated heterocycles. The summed E-state index contributed by atoms with van der Waals surface area (Å²) in [7, 11) is 1.65. The number of benzene rings is 2. The van der Waals surface area contributed by atoms with E-state index in [1.54, 1.807) is 7.11 Å². The number of hydrogen-bond donors (Lipinski definition) is 1. The molecule has 24 heavy (non-hydrogen) atoms. The summed E-state index contributed by atoms with van der Waals surface area (Å²) in [5, 5.41) is 3.80. The van der Waals surface area contributed by atoms with E-state index in [4.69, 9.17) is 16.3 Å². The third-order valence-electron chi connectivity index (χ3n) is 4.69. The molecule has 3 nitrogen and oxygen atoms in total. The van der Waals surface area contributed by atoms with Gasteiger partial charge in [-0.2, -0.15) is 0 Å². The maximum atomic E-state index is 12.3. The fourth-order valence-corrected chi connectivity index (χ4v) is 3.43. The van der Waals surface area contributed by atoms with Gasteiger partial charge in [0.25, 0.3) is 0 Å². The van der Waals surface area contributed by atoms with Gasteiger partial charge in [-0.05, 0) is 48.6 Å². The second kappa shape index (κ2) is 7.27. The zero-order chi connectivity index (χ0) is 17.0. The van der Waals surface area contributed by atoms with E-state index in [0.29, 0.717) is 13.0 Å².